The highest BCUT2D eigenvalue weighted by Crippen LogP contribution is 2.19. The summed E-state index contributed by atoms with van der Waals surface area (Å²) in [6.07, 6.45) is 89.8. The van der Waals surface area contributed by atoms with Crippen LogP contribution in [0.1, 0.15) is 418 Å². The summed E-state index contributed by atoms with van der Waals surface area (Å²) in [5, 5.41) is 23.3. The minimum atomic E-state index is -0.849. The number of carbonyl (C=O) groups is 2. The molecule has 0 aliphatic heterocycles. The largest absolute Gasteiger partial charge is 0.466 e. The third kappa shape index (κ3) is 67.3. The quantitative estimate of drug-likeness (QED) is 0.0320. The second-order valence-electron chi connectivity index (χ2n) is 25.6. The molecule has 0 aliphatic carbocycles. The van der Waals surface area contributed by atoms with Gasteiger partial charge >= 0.3 is 5.97 Å². The number of esters is 1. The number of amides is 1. The Morgan fingerprint density at radius 3 is 0.877 bits per heavy atom. The summed E-state index contributed by atoms with van der Waals surface area (Å²) in [7, 11) is 0. The lowest BCUT2D eigenvalue weighted by Crippen LogP contribution is -2.45. The van der Waals surface area contributed by atoms with Crippen molar-refractivity contribution in [1.29, 1.82) is 0 Å². The minimum absolute atomic E-state index is 0.0165. The molecule has 0 bridgehead atoms. The first-order valence-electron chi connectivity index (χ1n) is 37.1. The molecule has 1 amide bonds. The summed E-state index contributed by atoms with van der Waals surface area (Å²) in [6, 6.07) is -0.633. The van der Waals surface area contributed by atoms with Gasteiger partial charge in [-0.15, -0.1) is 0 Å². The molecule has 2 unspecified atom stereocenters. The Morgan fingerprint density at radius 2 is 0.580 bits per heavy atom. The van der Waals surface area contributed by atoms with Crippen LogP contribution in [0.5, 0.6) is 0 Å². The number of carbonyl (C=O) groups excluding carboxylic acids is 2. The summed E-state index contributed by atoms with van der Waals surface area (Å²) < 4.78 is 5.50. The maximum atomic E-state index is 12.5. The van der Waals surface area contributed by atoms with Crippen molar-refractivity contribution < 1.29 is 24.5 Å². The number of hydrogen-bond acceptors (Lipinski definition) is 5. The van der Waals surface area contributed by atoms with Crippen molar-refractivity contribution in [3.05, 3.63) is 24.3 Å². The molecule has 0 radical (unpaired) electrons. The Hall–Kier alpha value is -1.66. The Balaban J connectivity index is 3.42. The van der Waals surface area contributed by atoms with E-state index < -0.39 is 12.1 Å². The topological polar surface area (TPSA) is 95.9 Å². The van der Waals surface area contributed by atoms with E-state index in [1.807, 2.05) is 6.08 Å². The van der Waals surface area contributed by atoms with Crippen LogP contribution in [0.25, 0.3) is 0 Å². The van der Waals surface area contributed by atoms with Gasteiger partial charge in [0.15, 0.2) is 0 Å². The molecule has 0 aromatic carbocycles. The van der Waals surface area contributed by atoms with Crippen molar-refractivity contribution in [2.24, 2.45) is 0 Å². The number of rotatable bonds is 70. The first-order chi connectivity index (χ1) is 40.0. The van der Waals surface area contributed by atoms with Gasteiger partial charge in [0, 0.05) is 12.8 Å². The average Bonchev–Trinajstić information content (AvgIpc) is 3.47. The third-order valence-electron chi connectivity index (χ3n) is 17.5. The fourth-order valence-corrected chi connectivity index (χ4v) is 11.8. The summed E-state index contributed by atoms with van der Waals surface area (Å²) in [5.41, 5.74) is 0. The molecular weight excluding hydrogens is 995 g/mol. The SMILES string of the molecule is CCCCCCCCCCCCCCCCCCCCCCCC/C=C/C(O)C(CO)NC(=O)CCCCCCCCCC/C=C\CCCCCCCCCCCCCCOC(=O)CCCCCCCCCCCCCCCCCC. The molecule has 3 N–H and O–H groups in total. The number of hydrogen-bond donors (Lipinski definition) is 3. The molecule has 81 heavy (non-hydrogen) atoms. The van der Waals surface area contributed by atoms with Gasteiger partial charge in [-0.1, -0.05) is 372 Å². The van der Waals surface area contributed by atoms with Gasteiger partial charge in [-0.05, 0) is 57.8 Å². The molecular formula is C75H145NO5. The molecule has 0 saturated heterocycles. The van der Waals surface area contributed by atoms with Gasteiger partial charge in [0.2, 0.25) is 5.91 Å². The fourth-order valence-electron chi connectivity index (χ4n) is 11.8. The zero-order valence-corrected chi connectivity index (χ0v) is 55.0. The molecule has 6 heteroatoms. The van der Waals surface area contributed by atoms with Gasteiger partial charge in [0.05, 0.1) is 25.4 Å². The highest BCUT2D eigenvalue weighted by atomic mass is 16.5. The number of ether oxygens (including phenoxy) is 1. The monoisotopic (exact) mass is 1140 g/mol. The molecule has 0 aromatic heterocycles. The molecule has 0 aromatic rings. The van der Waals surface area contributed by atoms with E-state index >= 15 is 0 Å². The van der Waals surface area contributed by atoms with Crippen LogP contribution < -0.4 is 5.32 Å². The zero-order valence-electron chi connectivity index (χ0n) is 55.0. The zero-order chi connectivity index (χ0) is 58.5. The van der Waals surface area contributed by atoms with Gasteiger partial charge in [-0.2, -0.15) is 0 Å². The second-order valence-corrected chi connectivity index (χ2v) is 25.6. The van der Waals surface area contributed by atoms with Crippen LogP contribution in [-0.2, 0) is 14.3 Å². The molecule has 2 atom stereocenters. The Labute approximate surface area is 507 Å². The summed E-state index contributed by atoms with van der Waals surface area (Å²) >= 11 is 0. The van der Waals surface area contributed by atoms with E-state index in [9.17, 15) is 19.8 Å². The molecule has 0 saturated carbocycles. The predicted octanol–water partition coefficient (Wildman–Crippen LogP) is 24.1. The van der Waals surface area contributed by atoms with E-state index in [1.54, 1.807) is 6.08 Å². The normalized spacial score (nSPS) is 12.6. The maximum Gasteiger partial charge on any atom is 0.305 e. The van der Waals surface area contributed by atoms with Crippen LogP contribution in [0, 0.1) is 0 Å². The number of aliphatic hydroxyl groups is 2. The average molecular weight is 1140 g/mol. The van der Waals surface area contributed by atoms with Gasteiger partial charge in [-0.25, -0.2) is 0 Å². The highest BCUT2D eigenvalue weighted by Gasteiger charge is 2.18. The first kappa shape index (κ1) is 79.3. The van der Waals surface area contributed by atoms with Crippen LogP contribution in [0.15, 0.2) is 24.3 Å². The standard InChI is InChI=1S/C75H145NO5/c1-3-5-7-9-11-13-15-17-19-21-22-23-24-27-30-33-36-39-43-47-51-55-59-63-67-73(78)72(71-77)76-74(79)68-64-60-56-52-48-44-40-37-34-31-28-25-26-29-32-35-38-42-46-50-54-58-62-66-70-81-75(80)69-65-61-57-53-49-45-41-20-18-16-14-12-10-8-6-4-2/h28,31,63,67,72-73,77-78H,3-27,29-30,32-62,64-66,68-71H2,1-2H3,(H,76,79)/b31-28-,67-63+. The number of aliphatic hydroxyl groups excluding tert-OH is 2. The highest BCUT2D eigenvalue weighted by molar-refractivity contribution is 5.76. The molecule has 6 nitrogen and oxygen atoms in total. The van der Waals surface area contributed by atoms with Crippen molar-refractivity contribution in [1.82, 2.24) is 5.32 Å². The van der Waals surface area contributed by atoms with Gasteiger partial charge in [0.1, 0.15) is 0 Å². The minimum Gasteiger partial charge on any atom is -0.466 e. The third-order valence-corrected chi connectivity index (χ3v) is 17.5. The summed E-state index contributed by atoms with van der Waals surface area (Å²) in [5.74, 6) is -0.0512. The molecule has 0 aliphatic rings. The maximum absolute atomic E-state index is 12.5. The smallest absolute Gasteiger partial charge is 0.305 e. The van der Waals surface area contributed by atoms with E-state index in [0.717, 1.165) is 38.5 Å². The van der Waals surface area contributed by atoms with Crippen LogP contribution in [0.4, 0.5) is 0 Å². The first-order valence-corrected chi connectivity index (χ1v) is 37.1. The van der Waals surface area contributed by atoms with Crippen molar-refractivity contribution >= 4 is 11.9 Å². The Morgan fingerprint density at radius 1 is 0.333 bits per heavy atom. The molecule has 0 fully saturated rings. The fraction of sp³-hybridized carbons (Fsp3) is 0.920. The summed E-state index contributed by atoms with van der Waals surface area (Å²) in [6.45, 7) is 4.95. The lowest BCUT2D eigenvalue weighted by Gasteiger charge is -2.20. The number of nitrogens with one attached hydrogen (secondary N) is 1. The lowest BCUT2D eigenvalue weighted by molar-refractivity contribution is -0.143. The Kier molecular flexibility index (Phi) is 69.4. The van der Waals surface area contributed by atoms with Crippen molar-refractivity contribution in [3.8, 4) is 0 Å². The number of unbranched alkanes of at least 4 members (excludes halogenated alkanes) is 57. The lowest BCUT2D eigenvalue weighted by atomic mass is 10.0. The second kappa shape index (κ2) is 70.8. The van der Waals surface area contributed by atoms with E-state index in [-0.39, 0.29) is 18.5 Å². The number of allylic oxidation sites excluding steroid dienone is 3. The van der Waals surface area contributed by atoms with Crippen LogP contribution >= 0.6 is 0 Å². The van der Waals surface area contributed by atoms with Crippen LogP contribution in [0.3, 0.4) is 0 Å². The van der Waals surface area contributed by atoms with Gasteiger partial charge in [-0.3, -0.25) is 9.59 Å². The van der Waals surface area contributed by atoms with Crippen molar-refractivity contribution in [3.63, 3.8) is 0 Å². The molecule has 0 rings (SSSR count). The van der Waals surface area contributed by atoms with Crippen molar-refractivity contribution in [2.75, 3.05) is 13.2 Å². The van der Waals surface area contributed by atoms with E-state index in [2.05, 4.69) is 31.3 Å². The van der Waals surface area contributed by atoms with E-state index in [4.69, 9.17) is 4.74 Å². The van der Waals surface area contributed by atoms with E-state index in [1.165, 1.54) is 353 Å². The van der Waals surface area contributed by atoms with Crippen molar-refractivity contribution in [2.45, 2.75) is 431 Å². The van der Waals surface area contributed by atoms with Crippen LogP contribution in [-0.4, -0.2) is 47.4 Å². The van der Waals surface area contributed by atoms with Gasteiger partial charge in [0.25, 0.3) is 0 Å². The van der Waals surface area contributed by atoms with Crippen LogP contribution in [0.2, 0.25) is 0 Å². The Bertz CT molecular complexity index is 1270. The molecule has 0 spiro atoms. The summed E-state index contributed by atoms with van der Waals surface area (Å²) in [4.78, 5) is 24.6. The van der Waals surface area contributed by atoms with Gasteiger partial charge < -0.3 is 20.3 Å². The molecule has 0 heterocycles. The predicted molar refractivity (Wildman–Crippen MR) is 356 cm³/mol. The van der Waals surface area contributed by atoms with E-state index in [0.29, 0.717) is 19.4 Å². The molecule has 480 valence electrons.